The second kappa shape index (κ2) is 3.98. The maximum absolute atomic E-state index is 10.8. The molecule has 0 atom stereocenters. The van der Waals surface area contributed by atoms with Crippen LogP contribution in [0.15, 0.2) is 24.3 Å². The molecule has 1 aromatic heterocycles. The number of carboxylic acids is 1. The van der Waals surface area contributed by atoms with Gasteiger partial charge in [0.25, 0.3) is 0 Å². The monoisotopic (exact) mass is 236 g/mol. The van der Waals surface area contributed by atoms with Gasteiger partial charge in [-0.3, -0.25) is 5.10 Å². The summed E-state index contributed by atoms with van der Waals surface area (Å²) in [5.74, 6) is -1.01. The van der Waals surface area contributed by atoms with Crippen molar-refractivity contribution in [2.45, 2.75) is 6.92 Å². The molecule has 0 amide bonds. The number of aromatic nitrogens is 2. The third kappa shape index (κ3) is 1.79. The molecule has 0 bridgehead atoms. The molecule has 0 radical (unpaired) electrons. The van der Waals surface area contributed by atoms with Gasteiger partial charge in [0.1, 0.15) is 5.69 Å². The first-order chi connectivity index (χ1) is 7.59. The van der Waals surface area contributed by atoms with E-state index in [0.29, 0.717) is 16.3 Å². The Morgan fingerprint density at radius 3 is 2.50 bits per heavy atom. The molecule has 1 heterocycles. The summed E-state index contributed by atoms with van der Waals surface area (Å²) in [6.45, 7) is 1.72. The van der Waals surface area contributed by atoms with Crippen molar-refractivity contribution >= 4 is 17.6 Å². The smallest absolute Gasteiger partial charge is 0.354 e. The van der Waals surface area contributed by atoms with Crippen LogP contribution in [-0.2, 0) is 0 Å². The Hall–Kier alpha value is -1.81. The molecular formula is C11H9ClN2O2. The van der Waals surface area contributed by atoms with Gasteiger partial charge in [-0.1, -0.05) is 23.7 Å². The summed E-state index contributed by atoms with van der Waals surface area (Å²) in [5.41, 5.74) is 2.21. The predicted molar refractivity (Wildman–Crippen MR) is 60.7 cm³/mol. The first-order valence-electron chi connectivity index (χ1n) is 4.64. The molecule has 0 unspecified atom stereocenters. The molecule has 82 valence electrons. The first kappa shape index (κ1) is 10.7. The van der Waals surface area contributed by atoms with E-state index in [9.17, 15) is 4.79 Å². The van der Waals surface area contributed by atoms with Crippen molar-refractivity contribution in [3.8, 4) is 11.3 Å². The van der Waals surface area contributed by atoms with Gasteiger partial charge in [0.05, 0.1) is 5.69 Å². The number of rotatable bonds is 2. The fourth-order valence-corrected chi connectivity index (χ4v) is 1.62. The van der Waals surface area contributed by atoms with Crippen LogP contribution in [0.3, 0.4) is 0 Å². The standard InChI is InChI=1S/C11H9ClN2O2/c1-6-9(13-14-10(6)11(15)16)7-2-4-8(12)5-3-7/h2-5H,1H3,(H,13,14)(H,15,16). The maximum atomic E-state index is 10.8. The van der Waals surface area contributed by atoms with Crippen molar-refractivity contribution in [2.24, 2.45) is 0 Å². The number of benzene rings is 1. The van der Waals surface area contributed by atoms with Gasteiger partial charge >= 0.3 is 5.97 Å². The van der Waals surface area contributed by atoms with Gasteiger partial charge in [-0.05, 0) is 19.1 Å². The first-order valence-corrected chi connectivity index (χ1v) is 5.01. The summed E-state index contributed by atoms with van der Waals surface area (Å²) in [6.07, 6.45) is 0. The molecule has 1 aromatic carbocycles. The van der Waals surface area contributed by atoms with Crippen LogP contribution < -0.4 is 0 Å². The highest BCUT2D eigenvalue weighted by molar-refractivity contribution is 6.30. The number of hydrogen-bond acceptors (Lipinski definition) is 2. The Morgan fingerprint density at radius 2 is 2.00 bits per heavy atom. The third-order valence-electron chi connectivity index (χ3n) is 2.34. The summed E-state index contributed by atoms with van der Waals surface area (Å²) >= 11 is 5.77. The highest BCUT2D eigenvalue weighted by atomic mass is 35.5. The molecule has 0 fully saturated rings. The normalized spacial score (nSPS) is 10.4. The lowest BCUT2D eigenvalue weighted by molar-refractivity contribution is 0.0689. The van der Waals surface area contributed by atoms with Gasteiger partial charge in [-0.2, -0.15) is 5.10 Å². The zero-order valence-corrected chi connectivity index (χ0v) is 9.25. The number of carbonyl (C=O) groups is 1. The molecule has 0 aliphatic heterocycles. The summed E-state index contributed by atoms with van der Waals surface area (Å²) < 4.78 is 0. The Bertz CT molecular complexity index is 531. The Balaban J connectivity index is 2.49. The molecule has 16 heavy (non-hydrogen) atoms. The lowest BCUT2D eigenvalue weighted by Crippen LogP contribution is -1.98. The Kier molecular flexibility index (Phi) is 2.66. The van der Waals surface area contributed by atoms with Crippen LogP contribution in [0.2, 0.25) is 5.02 Å². The Labute approximate surface area is 96.9 Å². The van der Waals surface area contributed by atoms with Gasteiger partial charge in [0.2, 0.25) is 0 Å². The summed E-state index contributed by atoms with van der Waals surface area (Å²) in [5, 5.41) is 16.0. The van der Waals surface area contributed by atoms with Crippen LogP contribution in [0.1, 0.15) is 16.1 Å². The van der Waals surface area contributed by atoms with Gasteiger partial charge < -0.3 is 5.11 Å². The average Bonchev–Trinajstić information content (AvgIpc) is 2.61. The quantitative estimate of drug-likeness (QED) is 0.843. The van der Waals surface area contributed by atoms with Crippen molar-refractivity contribution < 1.29 is 9.90 Å². The molecule has 0 saturated heterocycles. The molecule has 0 saturated carbocycles. The van der Waals surface area contributed by atoms with Crippen LogP contribution in [0.25, 0.3) is 11.3 Å². The minimum Gasteiger partial charge on any atom is -0.477 e. The molecule has 4 nitrogen and oxygen atoms in total. The van der Waals surface area contributed by atoms with E-state index in [-0.39, 0.29) is 5.69 Å². The van der Waals surface area contributed by atoms with E-state index in [1.807, 2.05) is 0 Å². The predicted octanol–water partition coefficient (Wildman–Crippen LogP) is 2.74. The van der Waals surface area contributed by atoms with Crippen molar-refractivity contribution in [3.63, 3.8) is 0 Å². The number of halogens is 1. The molecule has 0 aliphatic rings. The second-order valence-corrected chi connectivity index (χ2v) is 3.82. The zero-order valence-electron chi connectivity index (χ0n) is 8.49. The van der Waals surface area contributed by atoms with Crippen LogP contribution in [0.5, 0.6) is 0 Å². The van der Waals surface area contributed by atoms with Crippen LogP contribution in [0.4, 0.5) is 0 Å². The highest BCUT2D eigenvalue weighted by Gasteiger charge is 2.15. The molecule has 0 spiro atoms. The number of carboxylic acid groups (broad SMARTS) is 1. The number of aromatic carboxylic acids is 1. The molecule has 2 N–H and O–H groups in total. The topological polar surface area (TPSA) is 66.0 Å². The number of nitrogens with zero attached hydrogens (tertiary/aromatic N) is 1. The zero-order chi connectivity index (χ0) is 11.7. The van der Waals surface area contributed by atoms with E-state index >= 15 is 0 Å². The number of hydrogen-bond donors (Lipinski definition) is 2. The summed E-state index contributed by atoms with van der Waals surface area (Å²) in [7, 11) is 0. The SMILES string of the molecule is Cc1c(-c2ccc(Cl)cc2)n[nH]c1C(=O)O. The highest BCUT2D eigenvalue weighted by Crippen LogP contribution is 2.24. The van der Waals surface area contributed by atoms with Crippen molar-refractivity contribution in [1.82, 2.24) is 10.2 Å². The fraction of sp³-hybridized carbons (Fsp3) is 0.0909. The number of aromatic amines is 1. The molecule has 0 aliphatic carbocycles. The van der Waals surface area contributed by atoms with Crippen molar-refractivity contribution in [1.29, 1.82) is 0 Å². The summed E-state index contributed by atoms with van der Waals surface area (Å²) in [6, 6.07) is 7.09. The van der Waals surface area contributed by atoms with Crippen LogP contribution >= 0.6 is 11.6 Å². The van der Waals surface area contributed by atoms with Gasteiger partial charge in [-0.25, -0.2) is 4.79 Å². The van der Waals surface area contributed by atoms with E-state index in [4.69, 9.17) is 16.7 Å². The van der Waals surface area contributed by atoms with Gasteiger partial charge in [-0.15, -0.1) is 0 Å². The van der Waals surface area contributed by atoms with Crippen molar-refractivity contribution in [3.05, 3.63) is 40.5 Å². The second-order valence-electron chi connectivity index (χ2n) is 3.38. The minimum atomic E-state index is -1.01. The number of nitrogens with one attached hydrogen (secondary N) is 1. The minimum absolute atomic E-state index is 0.116. The lowest BCUT2D eigenvalue weighted by atomic mass is 10.1. The van der Waals surface area contributed by atoms with E-state index in [0.717, 1.165) is 5.56 Å². The van der Waals surface area contributed by atoms with Crippen molar-refractivity contribution in [2.75, 3.05) is 0 Å². The largest absolute Gasteiger partial charge is 0.477 e. The molecule has 2 aromatic rings. The van der Waals surface area contributed by atoms with E-state index in [1.165, 1.54) is 0 Å². The van der Waals surface area contributed by atoms with E-state index in [2.05, 4.69) is 10.2 Å². The van der Waals surface area contributed by atoms with Crippen LogP contribution in [-0.4, -0.2) is 21.3 Å². The molecule has 2 rings (SSSR count). The van der Waals surface area contributed by atoms with Gasteiger partial charge in [0, 0.05) is 16.1 Å². The third-order valence-corrected chi connectivity index (χ3v) is 2.59. The molecule has 5 heteroatoms. The fourth-order valence-electron chi connectivity index (χ4n) is 1.49. The summed E-state index contributed by atoms with van der Waals surface area (Å²) in [4.78, 5) is 10.8. The van der Waals surface area contributed by atoms with Crippen LogP contribution in [0, 0.1) is 6.92 Å². The Morgan fingerprint density at radius 1 is 1.38 bits per heavy atom. The van der Waals surface area contributed by atoms with E-state index in [1.54, 1.807) is 31.2 Å². The average molecular weight is 237 g/mol. The number of H-pyrrole nitrogens is 1. The lowest BCUT2D eigenvalue weighted by Gasteiger charge is -1.98. The van der Waals surface area contributed by atoms with Gasteiger partial charge in [0.15, 0.2) is 0 Å². The maximum Gasteiger partial charge on any atom is 0.354 e. The van der Waals surface area contributed by atoms with E-state index < -0.39 is 5.97 Å². The molecular weight excluding hydrogens is 228 g/mol.